The van der Waals surface area contributed by atoms with Crippen LogP contribution < -0.4 is 0 Å². The van der Waals surface area contributed by atoms with Gasteiger partial charge in [0.05, 0.1) is 0 Å². The minimum Gasteiger partial charge on any atom is -0.477 e. The molecule has 0 radical (unpaired) electrons. The van der Waals surface area contributed by atoms with Crippen molar-refractivity contribution in [2.45, 2.75) is 0 Å². The van der Waals surface area contributed by atoms with Gasteiger partial charge in [0.2, 0.25) is 0 Å². The first-order valence-electron chi connectivity index (χ1n) is 4.70. The van der Waals surface area contributed by atoms with Crippen LogP contribution in [0.5, 0.6) is 0 Å². The van der Waals surface area contributed by atoms with E-state index in [4.69, 9.17) is 5.11 Å². The third-order valence-corrected chi connectivity index (χ3v) is 2.01. The molecule has 102 valence electrons. The second kappa shape index (κ2) is 5.51. The summed E-state index contributed by atoms with van der Waals surface area (Å²) in [5.41, 5.74) is -3.46. The molecule has 8 heteroatoms. The number of carbonyl (C=O) groups excluding carboxylic acids is 1. The van der Waals surface area contributed by atoms with Crippen molar-refractivity contribution in [2.24, 2.45) is 0 Å². The lowest BCUT2D eigenvalue weighted by Crippen LogP contribution is -2.18. The smallest absolute Gasteiger partial charge is 0.344 e. The van der Waals surface area contributed by atoms with Gasteiger partial charge >= 0.3 is 11.9 Å². The van der Waals surface area contributed by atoms with Crippen LogP contribution in [0.1, 0.15) is 20.7 Å². The quantitative estimate of drug-likeness (QED) is 0.397. The van der Waals surface area contributed by atoms with E-state index in [0.29, 0.717) is 0 Å². The van der Waals surface area contributed by atoms with Gasteiger partial charge in [-0.2, -0.15) is 0 Å². The van der Waals surface area contributed by atoms with Gasteiger partial charge in [-0.3, -0.25) is 0 Å². The summed E-state index contributed by atoms with van der Waals surface area (Å²) in [6.07, 6.45) is 1.06. The molecule has 0 saturated carbocycles. The lowest BCUT2D eigenvalue weighted by atomic mass is 10.1. The van der Waals surface area contributed by atoms with E-state index in [1.165, 1.54) is 0 Å². The number of halogens is 4. The molecule has 1 rings (SSSR count). The second-order valence-corrected chi connectivity index (χ2v) is 3.20. The summed E-state index contributed by atoms with van der Waals surface area (Å²) in [7, 11) is 0. The number of esters is 1. The van der Waals surface area contributed by atoms with E-state index in [9.17, 15) is 27.2 Å². The Labute approximate surface area is 103 Å². The number of hydrogen-bond donors (Lipinski definition) is 1. The number of hydrogen-bond acceptors (Lipinski definition) is 3. The third kappa shape index (κ3) is 2.56. The predicted molar refractivity (Wildman–Crippen MR) is 53.7 cm³/mol. The van der Waals surface area contributed by atoms with Crippen LogP contribution in [0, 0.1) is 23.3 Å². The number of benzene rings is 1. The van der Waals surface area contributed by atoms with Gasteiger partial charge in [0.15, 0.2) is 23.3 Å². The van der Waals surface area contributed by atoms with E-state index in [2.05, 4.69) is 11.3 Å². The summed E-state index contributed by atoms with van der Waals surface area (Å²) in [4.78, 5) is 21.7. The van der Waals surface area contributed by atoms with Gasteiger partial charge in [-0.25, -0.2) is 27.2 Å². The fourth-order valence-corrected chi connectivity index (χ4v) is 1.21. The standard InChI is InChI=1S/C11H6F4O4/c1-2-3-19-11(18)5-8(14)6(12)4(10(16)17)7(13)9(5)15/h2H,1,3H2,(H,16,17). The molecule has 0 saturated heterocycles. The van der Waals surface area contributed by atoms with E-state index >= 15 is 0 Å². The molecule has 0 fully saturated rings. The molecule has 0 aliphatic carbocycles. The van der Waals surface area contributed by atoms with Crippen LogP contribution in [0.25, 0.3) is 0 Å². The Balaban J connectivity index is 3.48. The SMILES string of the molecule is C=CCOC(=O)c1c(F)c(F)c(C(=O)O)c(F)c1F. The van der Waals surface area contributed by atoms with Crippen LogP contribution in [-0.4, -0.2) is 23.7 Å². The van der Waals surface area contributed by atoms with Crippen molar-refractivity contribution >= 4 is 11.9 Å². The zero-order valence-electron chi connectivity index (χ0n) is 9.18. The van der Waals surface area contributed by atoms with E-state index in [-0.39, 0.29) is 0 Å². The van der Waals surface area contributed by atoms with Crippen molar-refractivity contribution in [3.63, 3.8) is 0 Å². The van der Waals surface area contributed by atoms with Gasteiger partial charge in [-0.05, 0) is 0 Å². The molecule has 1 aromatic carbocycles. The Morgan fingerprint density at radius 3 is 1.84 bits per heavy atom. The molecule has 0 aliphatic rings. The summed E-state index contributed by atoms with van der Waals surface area (Å²) in [6.45, 7) is 2.71. The van der Waals surface area contributed by atoms with Gasteiger partial charge in [0.1, 0.15) is 17.7 Å². The first kappa shape index (κ1) is 14.7. The number of aromatic carboxylic acids is 1. The highest BCUT2D eigenvalue weighted by Crippen LogP contribution is 2.24. The van der Waals surface area contributed by atoms with Gasteiger partial charge < -0.3 is 9.84 Å². The van der Waals surface area contributed by atoms with Crippen molar-refractivity contribution < 1.29 is 37.0 Å². The Kier molecular flexibility index (Phi) is 4.26. The minimum absolute atomic E-state index is 0.443. The molecule has 0 heterocycles. The maximum atomic E-state index is 13.4. The Morgan fingerprint density at radius 2 is 1.47 bits per heavy atom. The van der Waals surface area contributed by atoms with Crippen molar-refractivity contribution in [2.75, 3.05) is 6.61 Å². The first-order valence-corrected chi connectivity index (χ1v) is 4.70. The lowest BCUT2D eigenvalue weighted by molar-refractivity contribution is 0.0532. The maximum Gasteiger partial charge on any atom is 0.344 e. The topological polar surface area (TPSA) is 63.6 Å². The van der Waals surface area contributed by atoms with Crippen molar-refractivity contribution in [1.29, 1.82) is 0 Å². The zero-order chi connectivity index (χ0) is 14.7. The van der Waals surface area contributed by atoms with Crippen LogP contribution in [0.3, 0.4) is 0 Å². The van der Waals surface area contributed by atoms with Crippen molar-refractivity contribution in [1.82, 2.24) is 0 Å². The number of carboxylic acids is 1. The largest absolute Gasteiger partial charge is 0.477 e. The Hall–Kier alpha value is -2.38. The van der Waals surface area contributed by atoms with Gasteiger partial charge in [-0.1, -0.05) is 12.7 Å². The third-order valence-electron chi connectivity index (χ3n) is 2.01. The minimum atomic E-state index is -2.21. The average molecular weight is 278 g/mol. The molecule has 0 amide bonds. The molecule has 0 spiro atoms. The molecule has 0 atom stereocenters. The number of ether oxygens (including phenoxy) is 1. The zero-order valence-corrected chi connectivity index (χ0v) is 9.18. The maximum absolute atomic E-state index is 13.4. The van der Waals surface area contributed by atoms with Crippen LogP contribution in [0.15, 0.2) is 12.7 Å². The summed E-state index contributed by atoms with van der Waals surface area (Å²) >= 11 is 0. The highest BCUT2D eigenvalue weighted by Gasteiger charge is 2.32. The Morgan fingerprint density at radius 1 is 1.05 bits per heavy atom. The van der Waals surface area contributed by atoms with Crippen molar-refractivity contribution in [3.8, 4) is 0 Å². The first-order chi connectivity index (χ1) is 8.82. The molecule has 1 N–H and O–H groups in total. The molecule has 19 heavy (non-hydrogen) atoms. The highest BCUT2D eigenvalue weighted by molar-refractivity contribution is 5.93. The number of rotatable bonds is 4. The van der Waals surface area contributed by atoms with E-state index in [1.54, 1.807) is 0 Å². The Bertz CT molecular complexity index is 539. The molecule has 0 unspecified atom stereocenters. The normalized spacial score (nSPS) is 10.1. The molecule has 0 aliphatic heterocycles. The van der Waals surface area contributed by atoms with Crippen molar-refractivity contribution in [3.05, 3.63) is 47.1 Å². The van der Waals surface area contributed by atoms with E-state index in [1.807, 2.05) is 0 Å². The van der Waals surface area contributed by atoms with Crippen LogP contribution in [0.4, 0.5) is 17.6 Å². The predicted octanol–water partition coefficient (Wildman–Crippen LogP) is 2.28. The van der Waals surface area contributed by atoms with Gasteiger partial charge in [0.25, 0.3) is 0 Å². The summed E-state index contributed by atoms with van der Waals surface area (Å²) in [6, 6.07) is 0. The average Bonchev–Trinajstić information content (AvgIpc) is 2.34. The van der Waals surface area contributed by atoms with Crippen LogP contribution >= 0.6 is 0 Å². The second-order valence-electron chi connectivity index (χ2n) is 3.20. The fourth-order valence-electron chi connectivity index (χ4n) is 1.21. The molecule has 0 bridgehead atoms. The van der Waals surface area contributed by atoms with Gasteiger partial charge in [-0.15, -0.1) is 0 Å². The van der Waals surface area contributed by atoms with Gasteiger partial charge in [0, 0.05) is 0 Å². The van der Waals surface area contributed by atoms with Crippen LogP contribution in [-0.2, 0) is 4.74 Å². The van der Waals surface area contributed by atoms with E-state index in [0.717, 1.165) is 6.08 Å². The molecular weight excluding hydrogens is 272 g/mol. The van der Waals surface area contributed by atoms with E-state index < -0.39 is 52.9 Å². The monoisotopic (exact) mass is 278 g/mol. The van der Waals surface area contributed by atoms with Crippen LogP contribution in [0.2, 0.25) is 0 Å². The molecule has 4 nitrogen and oxygen atoms in total. The summed E-state index contributed by atoms with van der Waals surface area (Å²) in [5.74, 6) is -12.5. The number of carbonyl (C=O) groups is 2. The molecular formula is C11H6F4O4. The molecule has 0 aromatic heterocycles. The summed E-state index contributed by atoms with van der Waals surface area (Å²) < 4.78 is 57.5. The number of carboxylic acid groups (broad SMARTS) is 1. The summed E-state index contributed by atoms with van der Waals surface area (Å²) in [5, 5.41) is 8.42. The fraction of sp³-hybridized carbons (Fsp3) is 0.0909. The highest BCUT2D eigenvalue weighted by atomic mass is 19.2. The lowest BCUT2D eigenvalue weighted by Gasteiger charge is -2.08. The molecule has 1 aromatic rings.